The van der Waals surface area contributed by atoms with Crippen LogP contribution in [0, 0.1) is 0 Å². The number of hydrogen-bond donors (Lipinski definition) is 0. The number of carbonyl (C=O) groups is 1. The van der Waals surface area contributed by atoms with Crippen molar-refractivity contribution >= 4 is 12.0 Å². The van der Waals surface area contributed by atoms with Crippen LogP contribution in [0.25, 0.3) is 6.08 Å². The Balaban J connectivity index is 2.79. The van der Waals surface area contributed by atoms with Gasteiger partial charge in [0.1, 0.15) is 5.75 Å². The van der Waals surface area contributed by atoms with Crippen molar-refractivity contribution in [3.63, 3.8) is 0 Å². The molecule has 0 spiro atoms. The molecule has 16 heavy (non-hydrogen) atoms. The highest BCUT2D eigenvalue weighted by Gasteiger charge is 2.05. The van der Waals surface area contributed by atoms with Crippen LogP contribution in [0.15, 0.2) is 24.8 Å². The number of aryl methyl sites for hydroxylation is 1. The van der Waals surface area contributed by atoms with E-state index in [1.807, 2.05) is 18.2 Å². The van der Waals surface area contributed by atoms with Gasteiger partial charge < -0.3 is 9.47 Å². The van der Waals surface area contributed by atoms with Crippen LogP contribution in [0.1, 0.15) is 17.5 Å². The van der Waals surface area contributed by atoms with Crippen molar-refractivity contribution in [3.8, 4) is 5.75 Å². The van der Waals surface area contributed by atoms with Gasteiger partial charge in [0.25, 0.3) is 0 Å². The summed E-state index contributed by atoms with van der Waals surface area (Å²) >= 11 is 0. The third-order valence-corrected chi connectivity index (χ3v) is 2.40. The molecular formula is C13H16O3. The van der Waals surface area contributed by atoms with Crippen LogP contribution in [0.2, 0.25) is 0 Å². The number of ether oxygens (including phenoxy) is 2. The fraction of sp³-hybridized carbons (Fsp3) is 0.308. The van der Waals surface area contributed by atoms with Crippen molar-refractivity contribution in [3.05, 3.63) is 35.9 Å². The Morgan fingerprint density at radius 3 is 2.75 bits per heavy atom. The van der Waals surface area contributed by atoms with E-state index in [1.54, 1.807) is 13.2 Å². The van der Waals surface area contributed by atoms with Crippen LogP contribution in [0.5, 0.6) is 5.75 Å². The molecule has 3 heteroatoms. The summed E-state index contributed by atoms with van der Waals surface area (Å²) in [5.41, 5.74) is 2.06. The average molecular weight is 220 g/mol. The van der Waals surface area contributed by atoms with Gasteiger partial charge in [0.2, 0.25) is 0 Å². The first-order valence-corrected chi connectivity index (χ1v) is 5.07. The van der Waals surface area contributed by atoms with Gasteiger partial charge in [0, 0.05) is 6.42 Å². The second kappa shape index (κ2) is 5.95. The molecule has 0 saturated heterocycles. The summed E-state index contributed by atoms with van der Waals surface area (Å²) in [4.78, 5) is 11.0. The largest absolute Gasteiger partial charge is 0.497 e. The van der Waals surface area contributed by atoms with E-state index in [0.717, 1.165) is 16.9 Å². The summed E-state index contributed by atoms with van der Waals surface area (Å²) in [5, 5.41) is 0. The quantitative estimate of drug-likeness (QED) is 0.715. The zero-order valence-electron chi connectivity index (χ0n) is 9.66. The molecule has 1 rings (SSSR count). The summed E-state index contributed by atoms with van der Waals surface area (Å²) < 4.78 is 9.72. The van der Waals surface area contributed by atoms with E-state index in [-0.39, 0.29) is 5.97 Å². The molecule has 0 aliphatic heterocycles. The fourth-order valence-electron chi connectivity index (χ4n) is 1.46. The Bertz CT molecular complexity index is 383. The molecule has 0 fully saturated rings. The minimum atomic E-state index is -0.203. The number of methoxy groups -OCH3 is 2. The first-order valence-electron chi connectivity index (χ1n) is 5.07. The number of carbonyl (C=O) groups excluding carboxylic acids is 1. The lowest BCUT2D eigenvalue weighted by atomic mass is 10.0. The van der Waals surface area contributed by atoms with Crippen LogP contribution in [-0.2, 0) is 16.0 Å². The van der Waals surface area contributed by atoms with E-state index in [9.17, 15) is 4.79 Å². The highest BCUT2D eigenvalue weighted by molar-refractivity contribution is 5.70. The van der Waals surface area contributed by atoms with E-state index in [2.05, 4.69) is 11.3 Å². The van der Waals surface area contributed by atoms with E-state index < -0.39 is 0 Å². The van der Waals surface area contributed by atoms with Gasteiger partial charge >= 0.3 is 5.97 Å². The third kappa shape index (κ3) is 3.12. The smallest absolute Gasteiger partial charge is 0.305 e. The fourth-order valence-corrected chi connectivity index (χ4v) is 1.46. The molecule has 0 atom stereocenters. The topological polar surface area (TPSA) is 35.5 Å². The molecule has 1 aromatic rings. The normalized spacial score (nSPS) is 9.62. The third-order valence-electron chi connectivity index (χ3n) is 2.40. The molecule has 0 heterocycles. The SMILES string of the molecule is C=Cc1cc(OC)ccc1CCC(=O)OC. The first-order chi connectivity index (χ1) is 7.71. The lowest BCUT2D eigenvalue weighted by Gasteiger charge is -2.07. The molecule has 0 aliphatic carbocycles. The lowest BCUT2D eigenvalue weighted by molar-refractivity contribution is -0.140. The van der Waals surface area contributed by atoms with E-state index in [0.29, 0.717) is 12.8 Å². The van der Waals surface area contributed by atoms with Crippen LogP contribution in [-0.4, -0.2) is 20.2 Å². The number of rotatable bonds is 5. The maximum Gasteiger partial charge on any atom is 0.305 e. The van der Waals surface area contributed by atoms with Gasteiger partial charge in [-0.05, 0) is 29.7 Å². The Morgan fingerprint density at radius 1 is 1.44 bits per heavy atom. The van der Waals surface area contributed by atoms with Gasteiger partial charge in [-0.2, -0.15) is 0 Å². The zero-order chi connectivity index (χ0) is 12.0. The average Bonchev–Trinajstić information content (AvgIpc) is 2.35. The predicted octanol–water partition coefficient (Wildman–Crippen LogP) is 2.44. The predicted molar refractivity (Wildman–Crippen MR) is 63.4 cm³/mol. The summed E-state index contributed by atoms with van der Waals surface area (Å²) in [6.45, 7) is 3.74. The van der Waals surface area contributed by atoms with Crippen LogP contribution in [0.4, 0.5) is 0 Å². The van der Waals surface area contributed by atoms with Gasteiger partial charge in [-0.3, -0.25) is 4.79 Å². The van der Waals surface area contributed by atoms with Gasteiger partial charge in [0.05, 0.1) is 14.2 Å². The molecule has 0 unspecified atom stereocenters. The molecule has 0 bridgehead atoms. The molecule has 0 amide bonds. The van der Waals surface area contributed by atoms with Crippen molar-refractivity contribution in [2.45, 2.75) is 12.8 Å². The first kappa shape index (κ1) is 12.3. The lowest BCUT2D eigenvalue weighted by Crippen LogP contribution is -2.02. The molecule has 0 aliphatic rings. The summed E-state index contributed by atoms with van der Waals surface area (Å²) in [6.07, 6.45) is 2.79. The van der Waals surface area contributed by atoms with Crippen molar-refractivity contribution < 1.29 is 14.3 Å². The number of hydrogen-bond acceptors (Lipinski definition) is 3. The number of esters is 1. The molecule has 0 saturated carbocycles. The zero-order valence-corrected chi connectivity index (χ0v) is 9.66. The molecule has 3 nitrogen and oxygen atoms in total. The van der Waals surface area contributed by atoms with Crippen LogP contribution in [0.3, 0.4) is 0 Å². The molecular weight excluding hydrogens is 204 g/mol. The van der Waals surface area contributed by atoms with E-state index in [4.69, 9.17) is 4.74 Å². The molecule has 0 aromatic heterocycles. The maximum absolute atomic E-state index is 11.0. The second-order valence-electron chi connectivity index (χ2n) is 3.35. The van der Waals surface area contributed by atoms with Gasteiger partial charge in [0.15, 0.2) is 0 Å². The van der Waals surface area contributed by atoms with Crippen molar-refractivity contribution in [2.24, 2.45) is 0 Å². The standard InChI is InChI=1S/C13H16O3/c1-4-10-9-12(15-2)7-5-11(10)6-8-13(14)16-3/h4-5,7,9H,1,6,8H2,2-3H3. The highest BCUT2D eigenvalue weighted by atomic mass is 16.5. The van der Waals surface area contributed by atoms with Crippen molar-refractivity contribution in [1.82, 2.24) is 0 Å². The van der Waals surface area contributed by atoms with Crippen molar-refractivity contribution in [1.29, 1.82) is 0 Å². The number of benzene rings is 1. The Labute approximate surface area is 95.7 Å². The minimum absolute atomic E-state index is 0.203. The van der Waals surface area contributed by atoms with E-state index in [1.165, 1.54) is 7.11 Å². The summed E-state index contributed by atoms with van der Waals surface area (Å²) in [5.74, 6) is 0.586. The minimum Gasteiger partial charge on any atom is -0.497 e. The second-order valence-corrected chi connectivity index (χ2v) is 3.35. The molecule has 0 radical (unpaired) electrons. The molecule has 86 valence electrons. The van der Waals surface area contributed by atoms with E-state index >= 15 is 0 Å². The maximum atomic E-state index is 11.0. The van der Waals surface area contributed by atoms with Gasteiger partial charge in [-0.1, -0.05) is 18.7 Å². The summed E-state index contributed by atoms with van der Waals surface area (Å²) in [7, 11) is 3.01. The Morgan fingerprint density at radius 2 is 2.19 bits per heavy atom. The molecule has 0 N–H and O–H groups in total. The van der Waals surface area contributed by atoms with Crippen LogP contribution >= 0.6 is 0 Å². The summed E-state index contributed by atoms with van der Waals surface area (Å²) in [6, 6.07) is 5.72. The molecule has 1 aromatic carbocycles. The Hall–Kier alpha value is -1.77. The Kier molecular flexibility index (Phi) is 4.58. The van der Waals surface area contributed by atoms with Gasteiger partial charge in [-0.25, -0.2) is 0 Å². The van der Waals surface area contributed by atoms with Gasteiger partial charge in [-0.15, -0.1) is 0 Å². The monoisotopic (exact) mass is 220 g/mol. The highest BCUT2D eigenvalue weighted by Crippen LogP contribution is 2.20. The van der Waals surface area contributed by atoms with Crippen LogP contribution < -0.4 is 4.74 Å². The van der Waals surface area contributed by atoms with Crippen molar-refractivity contribution in [2.75, 3.05) is 14.2 Å².